The van der Waals surface area contributed by atoms with Crippen molar-refractivity contribution in [2.75, 3.05) is 0 Å². The molecule has 0 bridgehead atoms. The summed E-state index contributed by atoms with van der Waals surface area (Å²) in [6, 6.07) is 5.95. The van der Waals surface area contributed by atoms with Crippen molar-refractivity contribution in [3.8, 4) is 0 Å². The highest BCUT2D eigenvalue weighted by atomic mass is 19.1. The van der Waals surface area contributed by atoms with Crippen molar-refractivity contribution in [3.05, 3.63) is 35.6 Å². The van der Waals surface area contributed by atoms with E-state index in [1.54, 1.807) is 25.1 Å². The van der Waals surface area contributed by atoms with Crippen LogP contribution in [0.4, 0.5) is 4.39 Å². The third kappa shape index (κ3) is 4.08. The number of carbonyl (C=O) groups is 1. The number of esters is 1. The predicted molar refractivity (Wildman–Crippen MR) is 54.5 cm³/mol. The van der Waals surface area contributed by atoms with E-state index < -0.39 is 5.97 Å². The molecule has 15 heavy (non-hydrogen) atoms. The molecule has 0 fully saturated rings. The SMILES string of the molecule is CC(N)CC(=O)OCc1ccccc1F. The van der Waals surface area contributed by atoms with Gasteiger partial charge in [-0.15, -0.1) is 0 Å². The molecule has 1 rings (SSSR count). The summed E-state index contributed by atoms with van der Waals surface area (Å²) in [5, 5.41) is 0. The van der Waals surface area contributed by atoms with Crippen LogP contribution >= 0.6 is 0 Å². The molecule has 0 radical (unpaired) electrons. The lowest BCUT2D eigenvalue weighted by Crippen LogP contribution is -2.21. The van der Waals surface area contributed by atoms with Gasteiger partial charge in [0.15, 0.2) is 0 Å². The van der Waals surface area contributed by atoms with E-state index in [1.165, 1.54) is 6.07 Å². The number of halogens is 1. The second-order valence-corrected chi connectivity index (χ2v) is 3.43. The first-order valence-corrected chi connectivity index (χ1v) is 4.74. The highest BCUT2D eigenvalue weighted by Crippen LogP contribution is 2.08. The van der Waals surface area contributed by atoms with E-state index in [1.807, 2.05) is 0 Å². The largest absolute Gasteiger partial charge is 0.461 e. The summed E-state index contributed by atoms with van der Waals surface area (Å²) < 4.78 is 17.9. The van der Waals surface area contributed by atoms with Crippen molar-refractivity contribution in [3.63, 3.8) is 0 Å². The molecule has 0 saturated carbocycles. The zero-order chi connectivity index (χ0) is 11.3. The molecule has 4 heteroatoms. The second-order valence-electron chi connectivity index (χ2n) is 3.43. The van der Waals surface area contributed by atoms with Gasteiger partial charge in [0.05, 0.1) is 6.42 Å². The van der Waals surface area contributed by atoms with Gasteiger partial charge in [-0.25, -0.2) is 4.39 Å². The first kappa shape index (κ1) is 11.7. The first-order valence-electron chi connectivity index (χ1n) is 4.74. The zero-order valence-electron chi connectivity index (χ0n) is 8.57. The van der Waals surface area contributed by atoms with Crippen LogP contribution in [0.15, 0.2) is 24.3 Å². The Balaban J connectivity index is 2.44. The van der Waals surface area contributed by atoms with Crippen molar-refractivity contribution in [1.82, 2.24) is 0 Å². The highest BCUT2D eigenvalue weighted by molar-refractivity contribution is 5.70. The molecule has 0 amide bonds. The van der Waals surface area contributed by atoms with Gasteiger partial charge < -0.3 is 10.5 Å². The van der Waals surface area contributed by atoms with E-state index in [9.17, 15) is 9.18 Å². The van der Waals surface area contributed by atoms with Crippen molar-refractivity contribution < 1.29 is 13.9 Å². The Morgan fingerprint density at radius 3 is 2.80 bits per heavy atom. The smallest absolute Gasteiger partial charge is 0.307 e. The Kier molecular flexibility index (Phi) is 4.24. The average molecular weight is 211 g/mol. The zero-order valence-corrected chi connectivity index (χ0v) is 8.57. The summed E-state index contributed by atoms with van der Waals surface area (Å²) in [6.07, 6.45) is 0.147. The third-order valence-corrected chi connectivity index (χ3v) is 1.84. The molecule has 1 aromatic carbocycles. The van der Waals surface area contributed by atoms with E-state index in [4.69, 9.17) is 10.5 Å². The van der Waals surface area contributed by atoms with Crippen LogP contribution < -0.4 is 5.73 Å². The Morgan fingerprint density at radius 2 is 2.20 bits per heavy atom. The molecule has 3 nitrogen and oxygen atoms in total. The first-order chi connectivity index (χ1) is 7.09. The molecule has 0 saturated heterocycles. The Morgan fingerprint density at radius 1 is 1.53 bits per heavy atom. The molecule has 1 aromatic rings. The van der Waals surface area contributed by atoms with E-state index in [2.05, 4.69) is 0 Å². The molecule has 0 heterocycles. The quantitative estimate of drug-likeness (QED) is 0.770. The third-order valence-electron chi connectivity index (χ3n) is 1.84. The van der Waals surface area contributed by atoms with E-state index in [0.29, 0.717) is 5.56 Å². The molecule has 0 aromatic heterocycles. The Hall–Kier alpha value is -1.42. The van der Waals surface area contributed by atoms with Crippen LogP contribution in [0.5, 0.6) is 0 Å². The van der Waals surface area contributed by atoms with Crippen LogP contribution in [-0.4, -0.2) is 12.0 Å². The lowest BCUT2D eigenvalue weighted by atomic mass is 10.2. The minimum Gasteiger partial charge on any atom is -0.461 e. The van der Waals surface area contributed by atoms with Crippen molar-refractivity contribution >= 4 is 5.97 Å². The van der Waals surface area contributed by atoms with Gasteiger partial charge >= 0.3 is 5.97 Å². The van der Waals surface area contributed by atoms with Crippen LogP contribution in [0.2, 0.25) is 0 Å². The van der Waals surface area contributed by atoms with Gasteiger partial charge in [0.1, 0.15) is 12.4 Å². The maximum absolute atomic E-state index is 13.1. The number of nitrogens with two attached hydrogens (primary N) is 1. The Labute approximate surface area is 88.0 Å². The van der Waals surface area contributed by atoms with Gasteiger partial charge in [-0.3, -0.25) is 4.79 Å². The number of carbonyl (C=O) groups excluding carboxylic acids is 1. The minimum absolute atomic E-state index is 0.0434. The number of rotatable bonds is 4. The summed E-state index contributed by atoms with van der Waals surface area (Å²) in [5.41, 5.74) is 5.79. The van der Waals surface area contributed by atoms with Gasteiger partial charge in [0.2, 0.25) is 0 Å². The van der Waals surface area contributed by atoms with Crippen LogP contribution in [0.1, 0.15) is 18.9 Å². The summed E-state index contributed by atoms with van der Waals surface area (Å²) in [5.74, 6) is -0.778. The van der Waals surface area contributed by atoms with Crippen molar-refractivity contribution in [1.29, 1.82) is 0 Å². The van der Waals surface area contributed by atoms with Crippen LogP contribution in [0.3, 0.4) is 0 Å². The maximum atomic E-state index is 13.1. The summed E-state index contributed by atoms with van der Waals surface area (Å²) in [7, 11) is 0. The normalized spacial score (nSPS) is 12.2. The molecular formula is C11H14FNO2. The van der Waals surface area contributed by atoms with Gasteiger partial charge in [-0.05, 0) is 13.0 Å². The fourth-order valence-corrected chi connectivity index (χ4v) is 1.10. The molecular weight excluding hydrogens is 197 g/mol. The van der Waals surface area contributed by atoms with Crippen LogP contribution in [-0.2, 0) is 16.1 Å². The van der Waals surface area contributed by atoms with Crippen LogP contribution in [0, 0.1) is 5.82 Å². The highest BCUT2D eigenvalue weighted by Gasteiger charge is 2.08. The van der Waals surface area contributed by atoms with Crippen molar-refractivity contribution in [2.24, 2.45) is 5.73 Å². The number of ether oxygens (including phenoxy) is 1. The van der Waals surface area contributed by atoms with Gasteiger partial charge in [0, 0.05) is 11.6 Å². The molecule has 0 spiro atoms. The van der Waals surface area contributed by atoms with E-state index >= 15 is 0 Å². The molecule has 0 aliphatic heterocycles. The molecule has 82 valence electrons. The average Bonchev–Trinajstić information content (AvgIpc) is 2.15. The molecule has 1 atom stereocenters. The minimum atomic E-state index is -0.409. The van der Waals surface area contributed by atoms with Crippen LogP contribution in [0.25, 0.3) is 0 Å². The number of hydrogen-bond donors (Lipinski definition) is 1. The second kappa shape index (κ2) is 5.46. The molecule has 0 aliphatic carbocycles. The van der Waals surface area contributed by atoms with Gasteiger partial charge in [-0.2, -0.15) is 0 Å². The maximum Gasteiger partial charge on any atom is 0.307 e. The molecule has 1 unspecified atom stereocenters. The van der Waals surface area contributed by atoms with Crippen molar-refractivity contribution in [2.45, 2.75) is 26.0 Å². The topological polar surface area (TPSA) is 52.3 Å². The number of benzene rings is 1. The Bertz CT molecular complexity index is 339. The fraction of sp³-hybridized carbons (Fsp3) is 0.364. The lowest BCUT2D eigenvalue weighted by Gasteiger charge is -2.07. The molecule has 0 aliphatic rings. The van der Waals surface area contributed by atoms with Gasteiger partial charge in [-0.1, -0.05) is 18.2 Å². The fourth-order valence-electron chi connectivity index (χ4n) is 1.10. The predicted octanol–water partition coefficient (Wildman–Crippen LogP) is 1.61. The standard InChI is InChI=1S/C11H14FNO2/c1-8(13)6-11(14)15-7-9-4-2-3-5-10(9)12/h2-5,8H,6-7,13H2,1H3. The monoisotopic (exact) mass is 211 g/mol. The summed E-state index contributed by atoms with van der Waals surface area (Å²) >= 11 is 0. The molecule has 2 N–H and O–H groups in total. The number of hydrogen-bond acceptors (Lipinski definition) is 3. The van der Waals surface area contributed by atoms with E-state index in [0.717, 1.165) is 0 Å². The summed E-state index contributed by atoms with van der Waals surface area (Å²) in [6.45, 7) is 1.67. The lowest BCUT2D eigenvalue weighted by molar-refractivity contribution is -0.145. The summed E-state index contributed by atoms with van der Waals surface area (Å²) in [4.78, 5) is 11.1. The van der Waals surface area contributed by atoms with Gasteiger partial charge in [0.25, 0.3) is 0 Å². The van der Waals surface area contributed by atoms with E-state index in [-0.39, 0.29) is 24.9 Å².